The topological polar surface area (TPSA) is 26.3 Å². The Morgan fingerprint density at radius 3 is 2.54 bits per heavy atom. The predicted octanol–water partition coefficient (Wildman–Crippen LogP) is -0.586. The van der Waals surface area contributed by atoms with E-state index in [1.54, 1.807) is 6.08 Å². The van der Waals surface area contributed by atoms with Crippen molar-refractivity contribution < 1.29 is 62.3 Å². The van der Waals surface area contributed by atoms with Crippen LogP contribution < -0.4 is 51.4 Å². The Bertz CT molecular complexity index is 231. The molecule has 1 aliphatic rings. The maximum atomic E-state index is 10.1. The van der Waals surface area contributed by atoms with Gasteiger partial charge in [0.15, 0.2) is 0 Å². The second kappa shape index (κ2) is 5.49. The van der Waals surface area contributed by atoms with Gasteiger partial charge in [-0.25, -0.2) is 0 Å². The van der Waals surface area contributed by atoms with Gasteiger partial charge < -0.3 is 6.16 Å². The Hall–Kier alpha value is 1.43. The van der Waals surface area contributed by atoms with Gasteiger partial charge in [0, 0.05) is 5.41 Å². The van der Waals surface area contributed by atoms with Crippen molar-refractivity contribution in [2.45, 2.75) is 24.8 Å². The first-order chi connectivity index (χ1) is 5.50. The second-order valence-corrected chi connectivity index (χ2v) is 4.45. The summed E-state index contributed by atoms with van der Waals surface area (Å²) in [6.45, 7) is 4.40. The summed E-state index contributed by atoms with van der Waals surface area (Å²) in [5.41, 5.74) is 0.896. The first-order valence-electron chi connectivity index (χ1n) is 3.59. The van der Waals surface area contributed by atoms with Crippen LogP contribution in [-0.2, 0) is 9.53 Å². The molecule has 13 heavy (non-hydrogen) atoms. The summed E-state index contributed by atoms with van der Waals surface area (Å²) in [6.07, 6.45) is 1.56. The van der Waals surface area contributed by atoms with E-state index in [4.69, 9.17) is 27.9 Å². The molecular formula is C8H11Cl2KO2. The minimum absolute atomic E-state index is 0. The zero-order valence-corrected chi connectivity index (χ0v) is 12.5. The maximum Gasteiger partial charge on any atom is 1.00 e. The Balaban J connectivity index is 0. The van der Waals surface area contributed by atoms with Crippen LogP contribution in [0.2, 0.25) is 0 Å². The molecule has 0 aliphatic heterocycles. The van der Waals surface area contributed by atoms with Crippen molar-refractivity contribution in [1.29, 1.82) is 0 Å². The standard InChI is InChI=1S/C8H10Cl2O2.K.H/c1-8(2)5(3-6(9)10)7(8)12-4-11;;/h3-4,6-7H,1-2H3;;/q;+1;-1. The molecule has 0 aromatic rings. The maximum absolute atomic E-state index is 10.1. The Kier molecular flexibility index (Phi) is 6.10. The van der Waals surface area contributed by atoms with Crippen LogP contribution in [0.5, 0.6) is 0 Å². The average molecular weight is 249 g/mol. The summed E-state index contributed by atoms with van der Waals surface area (Å²) < 4.78 is 4.82. The number of hydrogen-bond donors (Lipinski definition) is 0. The third-order valence-corrected chi connectivity index (χ3v) is 2.35. The number of ether oxygens (including phenoxy) is 1. The van der Waals surface area contributed by atoms with E-state index < -0.39 is 4.84 Å². The molecular weight excluding hydrogens is 238 g/mol. The molecule has 1 atom stereocenters. The van der Waals surface area contributed by atoms with Crippen molar-refractivity contribution in [2.24, 2.45) is 5.41 Å². The van der Waals surface area contributed by atoms with Crippen LogP contribution in [0.1, 0.15) is 15.3 Å². The Morgan fingerprint density at radius 1 is 1.62 bits per heavy atom. The van der Waals surface area contributed by atoms with Crippen molar-refractivity contribution in [2.75, 3.05) is 0 Å². The normalized spacial score (nSPS) is 26.8. The fourth-order valence-corrected chi connectivity index (χ4v) is 1.55. The third kappa shape index (κ3) is 3.49. The van der Waals surface area contributed by atoms with Crippen LogP contribution in [0.4, 0.5) is 0 Å². The smallest absolute Gasteiger partial charge is 1.00 e. The fraction of sp³-hybridized carbons (Fsp3) is 0.625. The van der Waals surface area contributed by atoms with Gasteiger partial charge in [0.25, 0.3) is 6.47 Å². The molecule has 1 aliphatic carbocycles. The molecule has 0 aromatic heterocycles. The molecule has 0 amide bonds. The first kappa shape index (κ1) is 14.4. The van der Waals surface area contributed by atoms with E-state index in [-0.39, 0.29) is 64.3 Å². The molecule has 0 radical (unpaired) electrons. The van der Waals surface area contributed by atoms with E-state index in [0.717, 1.165) is 5.57 Å². The van der Waals surface area contributed by atoms with E-state index in [1.807, 2.05) is 13.8 Å². The van der Waals surface area contributed by atoms with Crippen LogP contribution in [0.3, 0.4) is 0 Å². The number of halogens is 2. The molecule has 70 valence electrons. The zero-order chi connectivity index (χ0) is 9.35. The summed E-state index contributed by atoms with van der Waals surface area (Å²) >= 11 is 11.1. The summed E-state index contributed by atoms with van der Waals surface area (Å²) in [5.74, 6) is 0. The Labute approximate surface area is 132 Å². The van der Waals surface area contributed by atoms with Gasteiger partial charge in [-0.15, -0.1) is 23.2 Å². The Morgan fingerprint density at radius 2 is 2.15 bits per heavy atom. The van der Waals surface area contributed by atoms with Gasteiger partial charge in [0.2, 0.25) is 0 Å². The number of carbonyl (C=O) groups is 1. The van der Waals surface area contributed by atoms with Gasteiger partial charge in [-0.05, 0) is 11.6 Å². The molecule has 0 N–H and O–H groups in total. The van der Waals surface area contributed by atoms with Gasteiger partial charge in [-0.3, -0.25) is 4.79 Å². The van der Waals surface area contributed by atoms with Crippen LogP contribution in [0.15, 0.2) is 11.6 Å². The fourth-order valence-electron chi connectivity index (χ4n) is 1.28. The monoisotopic (exact) mass is 248 g/mol. The molecule has 1 fully saturated rings. The largest absolute Gasteiger partial charge is 1.00 e. The number of allylic oxidation sites excluding steroid dienone is 1. The van der Waals surface area contributed by atoms with Gasteiger partial charge in [-0.1, -0.05) is 13.8 Å². The zero-order valence-electron chi connectivity index (χ0n) is 8.88. The van der Waals surface area contributed by atoms with Crippen molar-refractivity contribution >= 4 is 29.7 Å². The minimum Gasteiger partial charge on any atom is -1.00 e. The van der Waals surface area contributed by atoms with Gasteiger partial charge >= 0.3 is 51.4 Å². The summed E-state index contributed by atoms with van der Waals surface area (Å²) in [5, 5.41) is 0. The number of alkyl halides is 2. The van der Waals surface area contributed by atoms with Gasteiger partial charge in [0.1, 0.15) is 10.9 Å². The molecule has 1 rings (SSSR count). The first-order valence-corrected chi connectivity index (χ1v) is 4.47. The van der Waals surface area contributed by atoms with Crippen LogP contribution in [0.25, 0.3) is 0 Å². The molecule has 1 unspecified atom stereocenters. The number of carbonyl (C=O) groups excluding carboxylic acids is 1. The molecule has 0 spiro atoms. The average Bonchev–Trinajstić information content (AvgIpc) is 2.39. The van der Waals surface area contributed by atoms with E-state index >= 15 is 0 Å². The van der Waals surface area contributed by atoms with Crippen molar-refractivity contribution in [3.05, 3.63) is 11.6 Å². The quantitative estimate of drug-likeness (QED) is 0.289. The van der Waals surface area contributed by atoms with E-state index in [9.17, 15) is 4.79 Å². The van der Waals surface area contributed by atoms with E-state index in [1.165, 1.54) is 0 Å². The molecule has 0 saturated heterocycles. The minimum atomic E-state index is -0.528. The third-order valence-electron chi connectivity index (χ3n) is 2.10. The van der Waals surface area contributed by atoms with Gasteiger partial charge in [-0.2, -0.15) is 0 Å². The molecule has 2 nitrogen and oxygen atoms in total. The summed E-state index contributed by atoms with van der Waals surface area (Å²) in [7, 11) is 0. The van der Waals surface area contributed by atoms with Crippen LogP contribution in [-0.4, -0.2) is 17.4 Å². The second-order valence-electron chi connectivity index (χ2n) is 3.29. The summed E-state index contributed by atoms with van der Waals surface area (Å²) in [6, 6.07) is 0. The molecule has 0 bridgehead atoms. The van der Waals surface area contributed by atoms with Crippen molar-refractivity contribution in [3.63, 3.8) is 0 Å². The number of hydrogen-bond acceptors (Lipinski definition) is 2. The van der Waals surface area contributed by atoms with Crippen molar-refractivity contribution in [1.82, 2.24) is 0 Å². The van der Waals surface area contributed by atoms with Crippen LogP contribution in [0, 0.1) is 5.41 Å². The van der Waals surface area contributed by atoms with Crippen molar-refractivity contribution in [3.8, 4) is 0 Å². The molecule has 0 heterocycles. The predicted molar refractivity (Wildman–Crippen MR) is 49.4 cm³/mol. The number of rotatable bonds is 3. The van der Waals surface area contributed by atoms with E-state index in [0.29, 0.717) is 6.47 Å². The molecule has 0 aromatic carbocycles. The van der Waals surface area contributed by atoms with Crippen LogP contribution >= 0.6 is 23.2 Å². The van der Waals surface area contributed by atoms with E-state index in [2.05, 4.69) is 0 Å². The van der Waals surface area contributed by atoms with Gasteiger partial charge in [0.05, 0.1) is 0 Å². The molecule has 5 heteroatoms. The summed E-state index contributed by atoms with van der Waals surface area (Å²) in [4.78, 5) is 9.53. The SMILES string of the molecule is CC1(C)C(=CC(Cl)Cl)C1OC=O.[H-].[K+]. The molecule has 1 saturated carbocycles.